The van der Waals surface area contributed by atoms with Crippen LogP contribution < -0.4 is 26.0 Å². The molecule has 4 aromatic rings. The summed E-state index contributed by atoms with van der Waals surface area (Å²) in [6.45, 7) is 6.94. The van der Waals surface area contributed by atoms with Crippen molar-refractivity contribution in [2.75, 3.05) is 49.8 Å². The molecule has 0 bridgehead atoms. The number of aromatic nitrogens is 2. The third kappa shape index (κ3) is 9.20. The Balaban J connectivity index is 0.885. The highest BCUT2D eigenvalue weighted by molar-refractivity contribution is 7.92. The lowest BCUT2D eigenvalue weighted by Gasteiger charge is -2.41. The molecule has 3 aromatic carbocycles. The number of sulfone groups is 1. The topological polar surface area (TPSA) is 201 Å². The SMILES string of the molecule is COc1cc(CCN(C)C2CC(OCCNc3cccc4c3C(=O)N(C3CCC(=O)NC3=O)C4=O)C2)c(C)cc1Nc1ncc(Cl)c(Nc2ccccc2S(=O)(=O)C(C)C)n1. The predicted molar refractivity (Wildman–Crippen MR) is 231 cm³/mol. The number of imide groups is 2. The van der Waals surface area contributed by atoms with Gasteiger partial charge in [-0.2, -0.15) is 4.98 Å². The molecule has 3 aliphatic rings. The minimum Gasteiger partial charge on any atom is -0.495 e. The molecule has 4 N–H and O–H groups in total. The van der Waals surface area contributed by atoms with Crippen molar-refractivity contribution in [1.29, 1.82) is 0 Å². The van der Waals surface area contributed by atoms with E-state index >= 15 is 0 Å². The summed E-state index contributed by atoms with van der Waals surface area (Å²) in [6, 6.07) is 14.9. The van der Waals surface area contributed by atoms with Crippen molar-refractivity contribution in [1.82, 2.24) is 25.1 Å². The number of nitrogens with one attached hydrogen (secondary N) is 4. The van der Waals surface area contributed by atoms with Crippen LogP contribution in [0.1, 0.15) is 71.4 Å². The van der Waals surface area contributed by atoms with E-state index in [0.717, 1.165) is 41.8 Å². The van der Waals surface area contributed by atoms with E-state index < -0.39 is 44.8 Å². The van der Waals surface area contributed by atoms with E-state index in [-0.39, 0.29) is 51.8 Å². The molecule has 0 radical (unpaired) electrons. The number of methoxy groups -OCH3 is 1. The highest BCUT2D eigenvalue weighted by Crippen LogP contribution is 2.35. The Morgan fingerprint density at radius 1 is 1.00 bits per heavy atom. The monoisotopic (exact) mass is 872 g/mol. The first kappa shape index (κ1) is 43.5. The maximum atomic E-state index is 13.4. The van der Waals surface area contributed by atoms with E-state index in [0.29, 0.717) is 42.0 Å². The van der Waals surface area contributed by atoms with Gasteiger partial charge in [0.1, 0.15) is 16.8 Å². The zero-order valence-electron chi connectivity index (χ0n) is 34.6. The summed E-state index contributed by atoms with van der Waals surface area (Å²) >= 11 is 6.45. The average Bonchev–Trinajstić information content (AvgIpc) is 3.46. The second kappa shape index (κ2) is 18.2. The van der Waals surface area contributed by atoms with E-state index in [1.807, 2.05) is 19.1 Å². The Kier molecular flexibility index (Phi) is 12.9. The third-order valence-corrected chi connectivity index (χ3v) is 13.9. The molecule has 18 heteroatoms. The number of carbonyl (C=O) groups is 4. The standard InChI is InChI=1S/C43H49ClN8O8S/c1-24(2)61(57,58)36-12-7-6-10-31(36)47-39-30(44)23-46-43(50-39)48-33-19-25(3)26(20-35(33)59-5)15-17-51(4)27-21-28(22-27)60-18-16-45-32-11-8-9-29-38(32)42(56)52(41(29)55)34-13-14-37(53)49-40(34)54/h6-12,19-20,23-24,27-28,34,45H,13-18,21-22H2,1-5H3,(H,49,53,54)(H2,46,47,48,50). The van der Waals surface area contributed by atoms with E-state index in [9.17, 15) is 27.6 Å². The zero-order chi connectivity index (χ0) is 43.6. The highest BCUT2D eigenvalue weighted by atomic mass is 35.5. The van der Waals surface area contributed by atoms with Crippen LogP contribution in [-0.4, -0.2) is 109 Å². The minimum atomic E-state index is -3.58. The molecule has 4 amide bonds. The number of piperidine rings is 1. The second-order valence-corrected chi connectivity index (χ2v) is 18.5. The van der Waals surface area contributed by atoms with Crippen LogP contribution >= 0.6 is 11.6 Å². The Labute approximate surface area is 359 Å². The van der Waals surface area contributed by atoms with Crippen molar-refractivity contribution in [3.05, 3.63) is 88.1 Å². The van der Waals surface area contributed by atoms with Crippen molar-refractivity contribution in [3.63, 3.8) is 0 Å². The number of amides is 4. The van der Waals surface area contributed by atoms with Gasteiger partial charge in [-0.3, -0.25) is 29.4 Å². The van der Waals surface area contributed by atoms with Gasteiger partial charge >= 0.3 is 0 Å². The molecule has 16 nitrogen and oxygen atoms in total. The van der Waals surface area contributed by atoms with Gasteiger partial charge in [0.05, 0.1) is 58.7 Å². The van der Waals surface area contributed by atoms with Crippen molar-refractivity contribution in [2.24, 2.45) is 0 Å². The Morgan fingerprint density at radius 3 is 2.49 bits per heavy atom. The molecular formula is C43H49ClN8O8S. The third-order valence-electron chi connectivity index (χ3n) is 11.4. The van der Waals surface area contributed by atoms with Gasteiger partial charge in [-0.15, -0.1) is 0 Å². The normalized spacial score (nSPS) is 18.9. The predicted octanol–water partition coefficient (Wildman–Crippen LogP) is 5.65. The van der Waals surface area contributed by atoms with Gasteiger partial charge in [-0.05, 0) is 101 Å². The van der Waals surface area contributed by atoms with Crippen molar-refractivity contribution in [2.45, 2.75) is 81.2 Å². The lowest BCUT2D eigenvalue weighted by molar-refractivity contribution is -0.136. The van der Waals surface area contributed by atoms with Gasteiger partial charge in [-0.1, -0.05) is 29.8 Å². The lowest BCUT2D eigenvalue weighted by atomic mass is 9.88. The first-order chi connectivity index (χ1) is 29.2. The summed E-state index contributed by atoms with van der Waals surface area (Å²) in [4.78, 5) is 62.9. The van der Waals surface area contributed by atoms with Crippen LogP contribution in [0.5, 0.6) is 5.75 Å². The minimum absolute atomic E-state index is 0.0609. The number of halogens is 1. The molecule has 2 aliphatic heterocycles. The van der Waals surface area contributed by atoms with E-state index in [4.69, 9.17) is 21.1 Å². The molecule has 1 atom stereocenters. The molecule has 322 valence electrons. The second-order valence-electron chi connectivity index (χ2n) is 15.7. The van der Waals surface area contributed by atoms with E-state index in [2.05, 4.69) is 43.2 Å². The quantitative estimate of drug-likeness (QED) is 0.0749. The smallest absolute Gasteiger partial charge is 0.264 e. The van der Waals surface area contributed by atoms with Crippen molar-refractivity contribution < 1.29 is 37.1 Å². The van der Waals surface area contributed by atoms with Gasteiger partial charge in [0.2, 0.25) is 17.8 Å². The molecule has 7 rings (SSSR count). The number of fused-ring (bicyclic) bond motifs is 1. The highest BCUT2D eigenvalue weighted by Gasteiger charge is 2.45. The molecule has 1 aromatic heterocycles. The van der Waals surface area contributed by atoms with Crippen LogP contribution in [0.2, 0.25) is 5.02 Å². The summed E-state index contributed by atoms with van der Waals surface area (Å²) in [6.07, 6.45) is 4.26. The summed E-state index contributed by atoms with van der Waals surface area (Å²) < 4.78 is 37.9. The Bertz CT molecular complexity index is 2480. The van der Waals surface area contributed by atoms with Crippen LogP contribution in [0.3, 0.4) is 0 Å². The molecule has 2 fully saturated rings. The zero-order valence-corrected chi connectivity index (χ0v) is 36.2. The number of likely N-dealkylation sites (N-methyl/N-ethyl adjacent to an activating group) is 1. The van der Waals surface area contributed by atoms with Crippen molar-refractivity contribution in [3.8, 4) is 5.75 Å². The summed E-state index contributed by atoms with van der Waals surface area (Å²) in [5.74, 6) is -1.06. The average molecular weight is 873 g/mol. The molecule has 61 heavy (non-hydrogen) atoms. The fraction of sp³-hybridized carbons (Fsp3) is 0.395. The van der Waals surface area contributed by atoms with Gasteiger partial charge in [0.15, 0.2) is 15.7 Å². The van der Waals surface area contributed by atoms with Crippen LogP contribution in [0.25, 0.3) is 0 Å². The number of rotatable bonds is 17. The summed E-state index contributed by atoms with van der Waals surface area (Å²) in [5, 5.41) is 11.4. The Morgan fingerprint density at radius 2 is 1.75 bits per heavy atom. The lowest BCUT2D eigenvalue weighted by Crippen LogP contribution is -2.54. The van der Waals surface area contributed by atoms with E-state index in [1.165, 1.54) is 6.20 Å². The summed E-state index contributed by atoms with van der Waals surface area (Å²) in [7, 11) is 0.131. The molecule has 0 spiro atoms. The number of anilines is 5. The molecule has 1 unspecified atom stereocenters. The molecule has 1 aliphatic carbocycles. The number of nitrogens with zero attached hydrogens (tertiary/aromatic N) is 4. The Hall–Kier alpha value is -5.62. The fourth-order valence-corrected chi connectivity index (χ4v) is 9.03. The number of carbonyl (C=O) groups excluding carboxylic acids is 4. The van der Waals surface area contributed by atoms with Gasteiger partial charge in [0, 0.05) is 31.2 Å². The molecule has 3 heterocycles. The fourth-order valence-electron chi connectivity index (χ4n) is 7.69. The maximum absolute atomic E-state index is 13.4. The van der Waals surface area contributed by atoms with Crippen LogP contribution in [0, 0.1) is 6.92 Å². The van der Waals surface area contributed by atoms with Gasteiger partial charge < -0.3 is 30.3 Å². The van der Waals surface area contributed by atoms with Gasteiger partial charge in [-0.25, -0.2) is 13.4 Å². The number of ether oxygens (including phenoxy) is 2. The maximum Gasteiger partial charge on any atom is 0.264 e. The molecular weight excluding hydrogens is 824 g/mol. The number of aryl methyl sites for hydroxylation is 1. The van der Waals surface area contributed by atoms with Crippen LogP contribution in [0.15, 0.2) is 65.7 Å². The van der Waals surface area contributed by atoms with Gasteiger partial charge in [0.25, 0.3) is 11.8 Å². The summed E-state index contributed by atoms with van der Waals surface area (Å²) in [5.41, 5.74) is 4.15. The largest absolute Gasteiger partial charge is 0.495 e. The first-order valence-corrected chi connectivity index (χ1v) is 22.1. The number of para-hydroxylation sites is 1. The number of hydrogen-bond donors (Lipinski definition) is 4. The van der Waals surface area contributed by atoms with Crippen molar-refractivity contribution >= 4 is 73.9 Å². The number of benzene rings is 3. The van der Waals surface area contributed by atoms with Crippen LogP contribution in [-0.2, 0) is 30.6 Å². The van der Waals surface area contributed by atoms with Crippen LogP contribution in [0.4, 0.5) is 28.8 Å². The first-order valence-electron chi connectivity index (χ1n) is 20.1. The molecule has 1 saturated carbocycles. The van der Waals surface area contributed by atoms with E-state index in [1.54, 1.807) is 63.4 Å². The molecule has 1 saturated heterocycles. The number of hydrogen-bond acceptors (Lipinski definition) is 14.